The number of ether oxygens (including phenoxy) is 2. The van der Waals surface area contributed by atoms with Crippen molar-refractivity contribution in [2.75, 3.05) is 7.11 Å². The van der Waals surface area contributed by atoms with Crippen molar-refractivity contribution in [2.45, 2.75) is 6.61 Å². The number of aromatic nitrogens is 2. The summed E-state index contributed by atoms with van der Waals surface area (Å²) in [6.45, 7) is 0.188. The maximum atomic E-state index is 13.4. The minimum absolute atomic E-state index is 0.00924. The predicted molar refractivity (Wildman–Crippen MR) is 76.9 cm³/mol. The molecule has 20 heavy (non-hydrogen) atoms. The van der Waals surface area contributed by atoms with E-state index in [1.54, 1.807) is 0 Å². The highest BCUT2D eigenvalue weighted by molar-refractivity contribution is 9.10. The predicted octanol–water partition coefficient (Wildman–Crippen LogP) is 4.62. The van der Waals surface area contributed by atoms with Gasteiger partial charge in [0.25, 0.3) is 0 Å². The first kappa shape index (κ1) is 15.4. The van der Waals surface area contributed by atoms with Crippen LogP contribution in [0.25, 0.3) is 0 Å². The molecule has 0 saturated carbocycles. The van der Waals surface area contributed by atoms with Crippen LogP contribution in [-0.4, -0.2) is 17.1 Å². The van der Waals surface area contributed by atoms with Crippen LogP contribution < -0.4 is 4.74 Å². The lowest BCUT2D eigenvalue weighted by molar-refractivity contribution is 0.177. The molecule has 0 aliphatic rings. The van der Waals surface area contributed by atoms with Gasteiger partial charge in [0.05, 0.1) is 9.50 Å². The average Bonchev–Trinajstić information content (AvgIpc) is 2.35. The normalized spacial score (nSPS) is 10.7. The van der Waals surface area contributed by atoms with Crippen molar-refractivity contribution in [2.24, 2.45) is 0 Å². The van der Waals surface area contributed by atoms with Gasteiger partial charge in [-0.2, -0.15) is 4.98 Å². The zero-order valence-electron chi connectivity index (χ0n) is 10.2. The quantitative estimate of drug-likeness (QED) is 0.572. The molecule has 1 aromatic heterocycles. The van der Waals surface area contributed by atoms with Gasteiger partial charge >= 0.3 is 0 Å². The van der Waals surface area contributed by atoms with Crippen LogP contribution in [-0.2, 0) is 11.3 Å². The van der Waals surface area contributed by atoms with Crippen molar-refractivity contribution in [3.8, 4) is 11.6 Å². The second-order valence-corrected chi connectivity index (χ2v) is 5.33. The molecule has 0 unspecified atom stereocenters. The summed E-state index contributed by atoms with van der Waals surface area (Å²) in [6.07, 6.45) is 0. The van der Waals surface area contributed by atoms with Gasteiger partial charge in [-0.1, -0.05) is 23.2 Å². The van der Waals surface area contributed by atoms with Gasteiger partial charge in [0.15, 0.2) is 5.82 Å². The third-order valence-electron chi connectivity index (χ3n) is 2.18. The highest BCUT2D eigenvalue weighted by atomic mass is 79.9. The van der Waals surface area contributed by atoms with Gasteiger partial charge in [0.1, 0.15) is 23.3 Å². The lowest BCUT2D eigenvalue weighted by atomic mass is 10.3. The first-order chi connectivity index (χ1) is 9.49. The standard InChI is InChI=1S/C12H8BrCl2FN2O2/c1-19-5-11-17-10(15)4-12(18-11)20-9-3-8(16)7(14)2-6(9)13/h2-4H,5H2,1H3. The van der Waals surface area contributed by atoms with E-state index in [2.05, 4.69) is 25.9 Å². The lowest BCUT2D eigenvalue weighted by Crippen LogP contribution is -1.99. The zero-order chi connectivity index (χ0) is 14.7. The van der Waals surface area contributed by atoms with Gasteiger partial charge in [0.2, 0.25) is 5.88 Å². The molecule has 0 spiro atoms. The summed E-state index contributed by atoms with van der Waals surface area (Å²) < 4.78 is 24.3. The van der Waals surface area contributed by atoms with E-state index in [0.717, 1.165) is 6.07 Å². The van der Waals surface area contributed by atoms with E-state index >= 15 is 0 Å². The lowest BCUT2D eigenvalue weighted by Gasteiger charge is -2.09. The van der Waals surface area contributed by atoms with Crippen molar-refractivity contribution in [1.29, 1.82) is 0 Å². The Morgan fingerprint density at radius 2 is 2.00 bits per heavy atom. The number of hydrogen-bond acceptors (Lipinski definition) is 4. The summed E-state index contributed by atoms with van der Waals surface area (Å²) in [6, 6.07) is 3.96. The molecule has 0 atom stereocenters. The second kappa shape index (κ2) is 6.67. The molecule has 106 valence electrons. The van der Waals surface area contributed by atoms with Crippen LogP contribution in [0.3, 0.4) is 0 Å². The number of rotatable bonds is 4. The van der Waals surface area contributed by atoms with Crippen LogP contribution in [0.4, 0.5) is 4.39 Å². The molecule has 0 amide bonds. The van der Waals surface area contributed by atoms with Crippen molar-refractivity contribution in [3.05, 3.63) is 44.5 Å². The Morgan fingerprint density at radius 3 is 2.70 bits per heavy atom. The molecule has 0 radical (unpaired) electrons. The van der Waals surface area contributed by atoms with Crippen molar-refractivity contribution >= 4 is 39.1 Å². The van der Waals surface area contributed by atoms with E-state index in [9.17, 15) is 4.39 Å². The van der Waals surface area contributed by atoms with Gasteiger partial charge in [-0.3, -0.25) is 0 Å². The summed E-state index contributed by atoms with van der Waals surface area (Å²) in [4.78, 5) is 8.05. The van der Waals surface area contributed by atoms with E-state index < -0.39 is 5.82 Å². The molecule has 0 aliphatic carbocycles. The van der Waals surface area contributed by atoms with Crippen LogP contribution in [0.5, 0.6) is 11.6 Å². The fourth-order valence-electron chi connectivity index (χ4n) is 1.38. The van der Waals surface area contributed by atoms with E-state index in [1.165, 1.54) is 19.2 Å². The zero-order valence-corrected chi connectivity index (χ0v) is 13.3. The first-order valence-corrected chi connectivity index (χ1v) is 6.89. The Kier molecular flexibility index (Phi) is 5.15. The van der Waals surface area contributed by atoms with Crippen molar-refractivity contribution < 1.29 is 13.9 Å². The monoisotopic (exact) mass is 380 g/mol. The van der Waals surface area contributed by atoms with E-state index in [4.69, 9.17) is 32.7 Å². The summed E-state index contributed by atoms with van der Waals surface area (Å²) in [7, 11) is 1.51. The summed E-state index contributed by atoms with van der Waals surface area (Å²) in [5.41, 5.74) is 0. The highest BCUT2D eigenvalue weighted by Gasteiger charge is 2.11. The van der Waals surface area contributed by atoms with Crippen molar-refractivity contribution in [1.82, 2.24) is 9.97 Å². The smallest absolute Gasteiger partial charge is 0.224 e. The molecule has 0 bridgehead atoms. The summed E-state index contributed by atoms with van der Waals surface area (Å²) >= 11 is 14.7. The molecule has 0 fully saturated rings. The van der Waals surface area contributed by atoms with E-state index in [1.807, 2.05) is 0 Å². The summed E-state index contributed by atoms with van der Waals surface area (Å²) in [5.74, 6) is 0.173. The van der Waals surface area contributed by atoms with Gasteiger partial charge in [-0.15, -0.1) is 0 Å². The van der Waals surface area contributed by atoms with Crippen LogP contribution in [0.1, 0.15) is 5.82 Å². The Balaban J connectivity index is 2.32. The number of benzene rings is 1. The van der Waals surface area contributed by atoms with Crippen LogP contribution in [0, 0.1) is 5.82 Å². The third-order valence-corrected chi connectivity index (χ3v) is 3.28. The van der Waals surface area contributed by atoms with Gasteiger partial charge in [0, 0.05) is 19.2 Å². The molecular weight excluding hydrogens is 374 g/mol. The minimum atomic E-state index is -0.595. The Hall–Kier alpha value is -0.950. The van der Waals surface area contributed by atoms with Gasteiger partial charge < -0.3 is 9.47 Å². The number of hydrogen-bond donors (Lipinski definition) is 0. The van der Waals surface area contributed by atoms with Crippen LogP contribution in [0.15, 0.2) is 22.7 Å². The average molecular weight is 382 g/mol. The fourth-order valence-corrected chi connectivity index (χ4v) is 2.29. The number of methoxy groups -OCH3 is 1. The SMILES string of the molecule is COCc1nc(Cl)cc(Oc2cc(F)c(Cl)cc2Br)n1. The molecule has 1 aromatic carbocycles. The van der Waals surface area contributed by atoms with Gasteiger partial charge in [-0.05, 0) is 22.0 Å². The molecule has 1 heterocycles. The van der Waals surface area contributed by atoms with Crippen molar-refractivity contribution in [3.63, 3.8) is 0 Å². The largest absolute Gasteiger partial charge is 0.438 e. The van der Waals surface area contributed by atoms with Crippen LogP contribution >= 0.6 is 39.1 Å². The molecule has 2 rings (SSSR count). The Labute approximate surface area is 133 Å². The van der Waals surface area contributed by atoms with E-state index in [0.29, 0.717) is 10.3 Å². The molecular formula is C12H8BrCl2FN2O2. The highest BCUT2D eigenvalue weighted by Crippen LogP contribution is 2.33. The van der Waals surface area contributed by atoms with E-state index in [-0.39, 0.29) is 28.4 Å². The molecule has 0 N–H and O–H groups in total. The molecule has 4 nitrogen and oxygen atoms in total. The first-order valence-electron chi connectivity index (χ1n) is 5.34. The maximum absolute atomic E-state index is 13.4. The van der Waals surface area contributed by atoms with Crippen LogP contribution in [0.2, 0.25) is 10.2 Å². The Morgan fingerprint density at radius 1 is 1.25 bits per heavy atom. The Bertz CT molecular complexity index is 643. The third kappa shape index (κ3) is 3.79. The topological polar surface area (TPSA) is 44.2 Å². The minimum Gasteiger partial charge on any atom is -0.438 e. The molecule has 0 aliphatic heterocycles. The second-order valence-electron chi connectivity index (χ2n) is 3.68. The molecule has 2 aromatic rings. The van der Waals surface area contributed by atoms with Gasteiger partial charge in [-0.25, -0.2) is 9.37 Å². The number of nitrogens with zero attached hydrogens (tertiary/aromatic N) is 2. The summed E-state index contributed by atoms with van der Waals surface area (Å²) in [5, 5.41) is 0.192. The molecule has 0 saturated heterocycles. The molecule has 8 heteroatoms. The maximum Gasteiger partial charge on any atom is 0.224 e. The number of halogens is 4. The fraction of sp³-hybridized carbons (Fsp3) is 0.167.